The molecule has 0 aromatic rings. The highest BCUT2D eigenvalue weighted by molar-refractivity contribution is 5.76. The summed E-state index contributed by atoms with van der Waals surface area (Å²) in [5, 5.41) is 53.7. The summed E-state index contributed by atoms with van der Waals surface area (Å²) in [7, 11) is 0. The summed E-state index contributed by atoms with van der Waals surface area (Å²) < 4.78 is 11.1. The zero-order valence-corrected chi connectivity index (χ0v) is 28.8. The van der Waals surface area contributed by atoms with Crippen LogP contribution in [0, 0.1) is 0 Å². The molecule has 6 N–H and O–H groups in total. The van der Waals surface area contributed by atoms with Crippen LogP contribution in [0.15, 0.2) is 36.5 Å². The molecule has 9 heteroatoms. The van der Waals surface area contributed by atoms with Crippen molar-refractivity contribution in [2.24, 2.45) is 0 Å². The van der Waals surface area contributed by atoms with E-state index < -0.39 is 49.5 Å². The summed E-state index contributed by atoms with van der Waals surface area (Å²) in [5.74, 6) is -0.227. The van der Waals surface area contributed by atoms with Gasteiger partial charge in [-0.15, -0.1) is 0 Å². The molecule has 7 atom stereocenters. The van der Waals surface area contributed by atoms with Crippen LogP contribution in [-0.2, 0) is 14.3 Å². The molecule has 0 radical (unpaired) electrons. The molecule has 0 aromatic heterocycles. The number of amides is 1. The van der Waals surface area contributed by atoms with E-state index in [4.69, 9.17) is 9.47 Å². The van der Waals surface area contributed by atoms with Crippen molar-refractivity contribution in [3.8, 4) is 0 Å². The molecule has 0 saturated carbocycles. The van der Waals surface area contributed by atoms with Crippen molar-refractivity contribution in [2.75, 3.05) is 13.2 Å². The Hall–Kier alpha value is -1.59. The third kappa shape index (κ3) is 19.9. The molecule has 46 heavy (non-hydrogen) atoms. The van der Waals surface area contributed by atoms with Crippen LogP contribution in [0.4, 0.5) is 0 Å². The molecule has 1 amide bonds. The maximum Gasteiger partial charge on any atom is 0.220 e. The number of aliphatic hydroxyl groups is 5. The fourth-order valence-electron chi connectivity index (χ4n) is 5.41. The van der Waals surface area contributed by atoms with Crippen molar-refractivity contribution in [1.82, 2.24) is 5.32 Å². The predicted molar refractivity (Wildman–Crippen MR) is 184 cm³/mol. The number of hydrogen-bond donors (Lipinski definition) is 6. The standard InChI is InChI=1S/C37H67NO8/c1-3-5-7-9-11-13-14-15-16-17-19-20-22-24-26-31(40)30(29-45-37-36(44)35(43)34(42)32(28-39)46-37)38-33(41)27-25-23-21-18-12-10-8-6-4-2/h17-19,21,24,26,30-32,34-37,39-40,42-44H,3-16,20,22-23,25,27-29H2,1-2H3,(H,38,41)/b19-17+,21-18-,26-24+. The molecule has 1 aliphatic rings. The number of hydrogen-bond acceptors (Lipinski definition) is 8. The van der Waals surface area contributed by atoms with Gasteiger partial charge < -0.3 is 40.3 Å². The lowest BCUT2D eigenvalue weighted by Gasteiger charge is -2.40. The van der Waals surface area contributed by atoms with Gasteiger partial charge in [0.05, 0.1) is 25.4 Å². The molecule has 0 aliphatic carbocycles. The van der Waals surface area contributed by atoms with Gasteiger partial charge in [-0.05, 0) is 51.4 Å². The smallest absolute Gasteiger partial charge is 0.220 e. The van der Waals surface area contributed by atoms with E-state index in [0.29, 0.717) is 6.42 Å². The van der Waals surface area contributed by atoms with Crippen LogP contribution in [0.1, 0.15) is 136 Å². The van der Waals surface area contributed by atoms with E-state index in [1.54, 1.807) is 6.08 Å². The van der Waals surface area contributed by atoms with Crippen molar-refractivity contribution >= 4 is 5.91 Å². The summed E-state index contributed by atoms with van der Waals surface area (Å²) >= 11 is 0. The number of rotatable bonds is 28. The van der Waals surface area contributed by atoms with E-state index in [0.717, 1.165) is 32.1 Å². The normalized spacial score (nSPS) is 23.5. The second kappa shape index (κ2) is 28.4. The van der Waals surface area contributed by atoms with Crippen LogP contribution in [0.2, 0.25) is 0 Å². The number of aliphatic hydroxyl groups excluding tert-OH is 5. The van der Waals surface area contributed by atoms with Crippen molar-refractivity contribution < 1.29 is 39.8 Å². The van der Waals surface area contributed by atoms with Crippen molar-refractivity contribution in [2.45, 2.75) is 179 Å². The number of nitrogens with one attached hydrogen (secondary N) is 1. The molecule has 268 valence electrons. The number of carbonyl (C=O) groups is 1. The quantitative estimate of drug-likeness (QED) is 0.0461. The maximum atomic E-state index is 12.8. The zero-order chi connectivity index (χ0) is 33.8. The lowest BCUT2D eigenvalue weighted by atomic mass is 9.99. The Kier molecular flexibility index (Phi) is 26.2. The Labute approximate surface area is 279 Å². The average molecular weight is 654 g/mol. The van der Waals surface area contributed by atoms with Crippen LogP contribution in [0.25, 0.3) is 0 Å². The zero-order valence-electron chi connectivity index (χ0n) is 28.8. The summed E-state index contributed by atoms with van der Waals surface area (Å²) in [6.45, 7) is 3.65. The first-order valence-corrected chi connectivity index (χ1v) is 18.2. The maximum absolute atomic E-state index is 12.8. The summed E-state index contributed by atoms with van der Waals surface area (Å²) in [6.07, 6.45) is 24.9. The number of ether oxygens (including phenoxy) is 2. The Morgan fingerprint density at radius 3 is 1.85 bits per heavy atom. The molecule has 0 aromatic carbocycles. The van der Waals surface area contributed by atoms with E-state index in [9.17, 15) is 30.3 Å². The minimum Gasteiger partial charge on any atom is -0.394 e. The van der Waals surface area contributed by atoms with Crippen LogP contribution >= 0.6 is 0 Å². The highest BCUT2D eigenvalue weighted by atomic mass is 16.7. The minimum atomic E-state index is -1.57. The van der Waals surface area contributed by atoms with Crippen LogP contribution < -0.4 is 5.32 Å². The molecule has 0 bridgehead atoms. The van der Waals surface area contributed by atoms with E-state index >= 15 is 0 Å². The molecule has 1 aliphatic heterocycles. The average Bonchev–Trinajstić information content (AvgIpc) is 3.05. The second-order valence-corrected chi connectivity index (χ2v) is 12.6. The van der Waals surface area contributed by atoms with Gasteiger partial charge in [0.2, 0.25) is 5.91 Å². The highest BCUT2D eigenvalue weighted by Gasteiger charge is 2.44. The summed E-state index contributed by atoms with van der Waals surface area (Å²) in [4.78, 5) is 12.8. The second-order valence-electron chi connectivity index (χ2n) is 12.6. The fraction of sp³-hybridized carbons (Fsp3) is 0.811. The Balaban J connectivity index is 2.54. The molecule has 1 rings (SSSR count). The largest absolute Gasteiger partial charge is 0.394 e. The van der Waals surface area contributed by atoms with E-state index in [1.807, 2.05) is 6.08 Å². The number of allylic oxidation sites excluding steroid dienone is 5. The fourth-order valence-corrected chi connectivity index (χ4v) is 5.41. The van der Waals surface area contributed by atoms with Crippen molar-refractivity contribution in [3.63, 3.8) is 0 Å². The van der Waals surface area contributed by atoms with Gasteiger partial charge in [0, 0.05) is 6.42 Å². The van der Waals surface area contributed by atoms with Gasteiger partial charge >= 0.3 is 0 Å². The van der Waals surface area contributed by atoms with Crippen LogP contribution in [-0.4, -0.2) is 87.5 Å². The van der Waals surface area contributed by atoms with Gasteiger partial charge in [-0.1, -0.05) is 115 Å². The molecular formula is C37H67NO8. The number of unbranched alkanes of at least 4 members (excludes halogenated alkanes) is 14. The van der Waals surface area contributed by atoms with E-state index in [1.165, 1.54) is 77.0 Å². The SMILES string of the molecule is CCCCCC/C=C\CCCC(=O)NC(COC1OC(CO)C(O)C(O)C1O)C(O)/C=C/CC/C=C/CCCCCCCCCC. The highest BCUT2D eigenvalue weighted by Crippen LogP contribution is 2.22. The third-order valence-electron chi connectivity index (χ3n) is 8.44. The van der Waals surface area contributed by atoms with E-state index in [2.05, 4.69) is 43.5 Å². The third-order valence-corrected chi connectivity index (χ3v) is 8.44. The van der Waals surface area contributed by atoms with Crippen LogP contribution in [0.3, 0.4) is 0 Å². The summed E-state index contributed by atoms with van der Waals surface area (Å²) in [6, 6.07) is -0.831. The van der Waals surface area contributed by atoms with E-state index in [-0.39, 0.29) is 18.9 Å². The van der Waals surface area contributed by atoms with Crippen molar-refractivity contribution in [3.05, 3.63) is 36.5 Å². The molecule has 1 fully saturated rings. The minimum absolute atomic E-state index is 0.212. The topological polar surface area (TPSA) is 149 Å². The summed E-state index contributed by atoms with van der Waals surface area (Å²) in [5.41, 5.74) is 0. The van der Waals surface area contributed by atoms with Gasteiger partial charge in [-0.2, -0.15) is 0 Å². The molecule has 0 spiro atoms. The monoisotopic (exact) mass is 653 g/mol. The predicted octanol–water partition coefficient (Wildman–Crippen LogP) is 5.77. The lowest BCUT2D eigenvalue weighted by Crippen LogP contribution is -2.60. The van der Waals surface area contributed by atoms with Gasteiger partial charge in [0.25, 0.3) is 0 Å². The van der Waals surface area contributed by atoms with Crippen molar-refractivity contribution in [1.29, 1.82) is 0 Å². The van der Waals surface area contributed by atoms with Gasteiger partial charge in [-0.25, -0.2) is 0 Å². The molecular weight excluding hydrogens is 586 g/mol. The number of carbonyl (C=O) groups excluding carboxylic acids is 1. The Morgan fingerprint density at radius 2 is 1.24 bits per heavy atom. The first-order valence-electron chi connectivity index (χ1n) is 18.2. The first-order chi connectivity index (χ1) is 22.3. The van der Waals surface area contributed by atoms with Gasteiger partial charge in [0.1, 0.15) is 24.4 Å². The Morgan fingerprint density at radius 1 is 0.717 bits per heavy atom. The first kappa shape index (κ1) is 42.4. The molecule has 1 heterocycles. The molecule has 9 nitrogen and oxygen atoms in total. The lowest BCUT2D eigenvalue weighted by molar-refractivity contribution is -0.302. The van der Waals surface area contributed by atoms with Crippen LogP contribution in [0.5, 0.6) is 0 Å². The molecule has 1 saturated heterocycles. The van der Waals surface area contributed by atoms with Gasteiger partial charge in [0.15, 0.2) is 6.29 Å². The molecule has 7 unspecified atom stereocenters. The Bertz CT molecular complexity index is 817. The van der Waals surface area contributed by atoms with Gasteiger partial charge in [-0.3, -0.25) is 4.79 Å².